The van der Waals surface area contributed by atoms with Crippen molar-refractivity contribution in [2.24, 2.45) is 5.84 Å². The molecule has 0 amide bonds. The van der Waals surface area contributed by atoms with Gasteiger partial charge in [0.1, 0.15) is 6.33 Å². The molecule has 1 heterocycles. The Morgan fingerprint density at radius 3 is 2.32 bits per heavy atom. The van der Waals surface area contributed by atoms with Crippen molar-refractivity contribution in [2.75, 3.05) is 0 Å². The molecular weight excluding hydrogens is 236 g/mol. The molecule has 2 aromatic rings. The number of rotatable bonds is 3. The minimum Gasteiger partial charge on any atom is -0.271 e. The van der Waals surface area contributed by atoms with Crippen LogP contribution in [0.1, 0.15) is 43.5 Å². The Kier molecular flexibility index (Phi) is 3.93. The maximum Gasteiger partial charge on any atom is 0.115 e. The quantitative estimate of drug-likeness (QED) is 0.653. The Balaban J connectivity index is 2.51. The number of hydrazine groups is 1. The summed E-state index contributed by atoms with van der Waals surface area (Å²) in [7, 11) is 0. The van der Waals surface area contributed by atoms with Crippen LogP contribution in [0.15, 0.2) is 43.0 Å². The van der Waals surface area contributed by atoms with Crippen molar-refractivity contribution < 1.29 is 0 Å². The van der Waals surface area contributed by atoms with E-state index in [0.717, 1.165) is 11.1 Å². The normalized spacial score (nSPS) is 13.3. The molecule has 4 heteroatoms. The van der Waals surface area contributed by atoms with Crippen molar-refractivity contribution in [3.8, 4) is 0 Å². The lowest BCUT2D eigenvalue weighted by molar-refractivity contribution is 0.556. The smallest absolute Gasteiger partial charge is 0.115 e. The number of nitrogens with two attached hydrogens (primary N) is 1. The van der Waals surface area contributed by atoms with Crippen molar-refractivity contribution in [2.45, 2.75) is 32.2 Å². The number of hydrogen-bond acceptors (Lipinski definition) is 4. The van der Waals surface area contributed by atoms with Gasteiger partial charge in [-0.25, -0.2) is 15.4 Å². The highest BCUT2D eigenvalue weighted by atomic mass is 15.2. The molecule has 1 aromatic heterocycles. The lowest BCUT2D eigenvalue weighted by atomic mass is 9.81. The number of nitrogens with one attached hydrogen (secondary N) is 1. The molecule has 2 rings (SSSR count). The van der Waals surface area contributed by atoms with E-state index in [1.54, 1.807) is 12.4 Å². The maximum absolute atomic E-state index is 5.74. The summed E-state index contributed by atoms with van der Waals surface area (Å²) in [5.74, 6) is 5.74. The van der Waals surface area contributed by atoms with E-state index in [9.17, 15) is 0 Å². The van der Waals surface area contributed by atoms with E-state index in [4.69, 9.17) is 5.84 Å². The maximum atomic E-state index is 5.74. The van der Waals surface area contributed by atoms with Gasteiger partial charge < -0.3 is 0 Å². The lowest BCUT2D eigenvalue weighted by Gasteiger charge is -2.27. The Labute approximate surface area is 114 Å². The molecule has 0 spiro atoms. The van der Waals surface area contributed by atoms with Gasteiger partial charge in [0.2, 0.25) is 0 Å². The summed E-state index contributed by atoms with van der Waals surface area (Å²) < 4.78 is 0. The van der Waals surface area contributed by atoms with E-state index in [1.165, 1.54) is 11.9 Å². The molecule has 4 nitrogen and oxygen atoms in total. The molecule has 0 saturated carbocycles. The van der Waals surface area contributed by atoms with Gasteiger partial charge in [-0.05, 0) is 16.5 Å². The van der Waals surface area contributed by atoms with Crippen molar-refractivity contribution >= 4 is 0 Å². The molecule has 0 saturated heterocycles. The molecular formula is C15H20N4. The molecule has 3 N–H and O–H groups in total. The number of aromatic nitrogens is 2. The zero-order chi connectivity index (χ0) is 13.9. The second-order valence-electron chi connectivity index (χ2n) is 5.61. The van der Waals surface area contributed by atoms with Gasteiger partial charge in [0.15, 0.2) is 0 Å². The Hall–Kier alpha value is -1.78. The third-order valence-corrected chi connectivity index (χ3v) is 3.16. The summed E-state index contributed by atoms with van der Waals surface area (Å²) in [5, 5.41) is 0. The summed E-state index contributed by atoms with van der Waals surface area (Å²) in [5.41, 5.74) is 6.31. The van der Waals surface area contributed by atoms with E-state index in [0.29, 0.717) is 0 Å². The summed E-state index contributed by atoms with van der Waals surface area (Å²) in [6, 6.07) is 8.22. The monoisotopic (exact) mass is 256 g/mol. The first-order chi connectivity index (χ1) is 9.04. The van der Waals surface area contributed by atoms with Crippen molar-refractivity contribution in [3.63, 3.8) is 0 Å². The number of hydrogen-bond donors (Lipinski definition) is 2. The van der Waals surface area contributed by atoms with Crippen LogP contribution in [0.3, 0.4) is 0 Å². The Morgan fingerprint density at radius 2 is 1.74 bits per heavy atom. The first kappa shape index (κ1) is 13.6. The fourth-order valence-corrected chi connectivity index (χ4v) is 2.26. The molecule has 0 bridgehead atoms. The van der Waals surface area contributed by atoms with Crippen molar-refractivity contribution in [3.05, 3.63) is 59.7 Å². The second kappa shape index (κ2) is 5.47. The molecule has 19 heavy (non-hydrogen) atoms. The molecule has 1 unspecified atom stereocenters. The highest BCUT2D eigenvalue weighted by Crippen LogP contribution is 2.31. The zero-order valence-corrected chi connectivity index (χ0v) is 11.6. The van der Waals surface area contributed by atoms with Gasteiger partial charge in [-0.3, -0.25) is 5.84 Å². The third kappa shape index (κ3) is 2.97. The highest BCUT2D eigenvalue weighted by Gasteiger charge is 2.23. The summed E-state index contributed by atoms with van der Waals surface area (Å²) >= 11 is 0. The average Bonchev–Trinajstić information content (AvgIpc) is 2.40. The first-order valence-corrected chi connectivity index (χ1v) is 6.34. The molecule has 100 valence electrons. The lowest BCUT2D eigenvalue weighted by Crippen LogP contribution is -2.31. The van der Waals surface area contributed by atoms with Crippen molar-refractivity contribution in [1.82, 2.24) is 15.4 Å². The second-order valence-corrected chi connectivity index (χ2v) is 5.61. The molecule has 0 aliphatic carbocycles. The van der Waals surface area contributed by atoms with E-state index >= 15 is 0 Å². The van der Waals surface area contributed by atoms with Crippen LogP contribution in [0.4, 0.5) is 0 Å². The van der Waals surface area contributed by atoms with Gasteiger partial charge >= 0.3 is 0 Å². The summed E-state index contributed by atoms with van der Waals surface area (Å²) in [6.07, 6.45) is 5.10. The van der Waals surface area contributed by atoms with Crippen LogP contribution in [-0.4, -0.2) is 9.97 Å². The zero-order valence-electron chi connectivity index (χ0n) is 11.6. The van der Waals surface area contributed by atoms with Gasteiger partial charge in [-0.2, -0.15) is 0 Å². The highest BCUT2D eigenvalue weighted by molar-refractivity contribution is 5.39. The van der Waals surface area contributed by atoms with Gasteiger partial charge in [0.05, 0.1) is 6.04 Å². The molecule has 1 aromatic carbocycles. The van der Waals surface area contributed by atoms with Crippen LogP contribution in [0.2, 0.25) is 0 Å². The third-order valence-electron chi connectivity index (χ3n) is 3.16. The summed E-state index contributed by atoms with van der Waals surface area (Å²) in [4.78, 5) is 8.13. The average molecular weight is 256 g/mol. The SMILES string of the molecule is CC(C)(C)c1ccccc1C(NN)c1cncnc1. The van der Waals surface area contributed by atoms with Gasteiger partial charge in [0.25, 0.3) is 0 Å². The Bertz CT molecular complexity index is 531. The fourth-order valence-electron chi connectivity index (χ4n) is 2.26. The Morgan fingerprint density at radius 1 is 1.11 bits per heavy atom. The van der Waals surface area contributed by atoms with E-state index in [2.05, 4.69) is 54.4 Å². The largest absolute Gasteiger partial charge is 0.271 e. The van der Waals surface area contributed by atoms with Gasteiger partial charge in [0, 0.05) is 18.0 Å². The minimum atomic E-state index is -0.100. The topological polar surface area (TPSA) is 63.8 Å². The van der Waals surface area contributed by atoms with Gasteiger partial charge in [-0.15, -0.1) is 0 Å². The molecule has 0 radical (unpaired) electrons. The van der Waals surface area contributed by atoms with Crippen LogP contribution >= 0.6 is 0 Å². The van der Waals surface area contributed by atoms with Crippen LogP contribution in [0.25, 0.3) is 0 Å². The van der Waals surface area contributed by atoms with Crippen LogP contribution < -0.4 is 11.3 Å². The predicted octanol–water partition coefficient (Wildman–Crippen LogP) is 2.33. The van der Waals surface area contributed by atoms with Gasteiger partial charge in [-0.1, -0.05) is 45.0 Å². The number of benzene rings is 1. The molecule has 0 aliphatic heterocycles. The van der Waals surface area contributed by atoms with Crippen LogP contribution in [0.5, 0.6) is 0 Å². The summed E-state index contributed by atoms with van der Waals surface area (Å²) in [6.45, 7) is 6.59. The van der Waals surface area contributed by atoms with Crippen LogP contribution in [0, 0.1) is 0 Å². The van der Waals surface area contributed by atoms with E-state index in [1.807, 2.05) is 6.07 Å². The van der Waals surface area contributed by atoms with Crippen LogP contribution in [-0.2, 0) is 5.41 Å². The van der Waals surface area contributed by atoms with E-state index < -0.39 is 0 Å². The minimum absolute atomic E-state index is 0.0569. The number of nitrogens with zero attached hydrogens (tertiary/aromatic N) is 2. The first-order valence-electron chi connectivity index (χ1n) is 6.34. The fraction of sp³-hybridized carbons (Fsp3) is 0.333. The molecule has 1 atom stereocenters. The van der Waals surface area contributed by atoms with Crippen molar-refractivity contribution in [1.29, 1.82) is 0 Å². The molecule has 0 aliphatic rings. The predicted molar refractivity (Wildman–Crippen MR) is 76.3 cm³/mol. The molecule has 0 fully saturated rings. The van der Waals surface area contributed by atoms with E-state index in [-0.39, 0.29) is 11.5 Å². The standard InChI is InChI=1S/C15H20N4/c1-15(2,3)13-7-5-4-6-12(13)14(19-16)11-8-17-10-18-9-11/h4-10,14,19H,16H2,1-3H3.